The van der Waals surface area contributed by atoms with Crippen molar-refractivity contribution in [2.45, 2.75) is 6.18 Å². The Morgan fingerprint density at radius 1 is 1.08 bits per heavy atom. The van der Waals surface area contributed by atoms with Crippen LogP contribution in [0.25, 0.3) is 27.9 Å². The summed E-state index contributed by atoms with van der Waals surface area (Å²) in [7, 11) is 0. The summed E-state index contributed by atoms with van der Waals surface area (Å²) >= 11 is 0. The number of nitrogens with two attached hydrogens (primary N) is 1. The molecular weight excluding hydrogens is 321 g/mol. The molecule has 4 aromatic rings. The normalized spacial score (nSPS) is 12.1. The molecule has 0 saturated carbocycles. The van der Waals surface area contributed by atoms with Crippen molar-refractivity contribution in [1.82, 2.24) is 24.8 Å². The van der Waals surface area contributed by atoms with Crippen LogP contribution in [0.2, 0.25) is 0 Å². The van der Waals surface area contributed by atoms with Crippen molar-refractivity contribution in [3.05, 3.63) is 48.2 Å². The standard InChI is InChI=1S/C15H9F3N6/c16-15(17,18)9-6-10-12(20-7-9)13(19)21-14-11(22-23-24(10)14)8-4-2-1-3-5-8/h1-7H,(H2,19,21). The molecule has 120 valence electrons. The molecule has 24 heavy (non-hydrogen) atoms. The van der Waals surface area contributed by atoms with Gasteiger partial charge in [-0.15, -0.1) is 5.10 Å². The minimum absolute atomic E-state index is 0.0192. The first-order valence-corrected chi connectivity index (χ1v) is 6.88. The van der Waals surface area contributed by atoms with Gasteiger partial charge in [-0.1, -0.05) is 35.5 Å². The fourth-order valence-electron chi connectivity index (χ4n) is 2.46. The van der Waals surface area contributed by atoms with Crippen LogP contribution >= 0.6 is 0 Å². The van der Waals surface area contributed by atoms with Gasteiger partial charge in [-0.3, -0.25) is 4.98 Å². The predicted octanol–water partition coefficient (Wildman–Crippen LogP) is 2.94. The summed E-state index contributed by atoms with van der Waals surface area (Å²) in [6.07, 6.45) is -3.80. The maximum absolute atomic E-state index is 13.0. The molecule has 3 aromatic heterocycles. The van der Waals surface area contributed by atoms with Gasteiger partial charge in [-0.2, -0.15) is 17.7 Å². The highest BCUT2D eigenvalue weighted by atomic mass is 19.4. The number of alkyl halides is 3. The molecular formula is C15H9F3N6. The Kier molecular flexibility index (Phi) is 2.92. The van der Waals surface area contributed by atoms with Crippen LogP contribution in [0.15, 0.2) is 42.6 Å². The molecule has 4 rings (SSSR count). The molecule has 0 fully saturated rings. The zero-order valence-electron chi connectivity index (χ0n) is 12.0. The number of benzene rings is 1. The van der Waals surface area contributed by atoms with Gasteiger partial charge in [0.15, 0.2) is 11.5 Å². The van der Waals surface area contributed by atoms with E-state index < -0.39 is 11.7 Å². The third-order valence-electron chi connectivity index (χ3n) is 3.59. The predicted molar refractivity (Wildman–Crippen MR) is 80.9 cm³/mol. The van der Waals surface area contributed by atoms with Crippen molar-refractivity contribution in [3.63, 3.8) is 0 Å². The second kappa shape index (κ2) is 4.88. The summed E-state index contributed by atoms with van der Waals surface area (Å²) in [6, 6.07) is 10.0. The van der Waals surface area contributed by atoms with Gasteiger partial charge in [0.2, 0.25) is 0 Å². The lowest BCUT2D eigenvalue weighted by molar-refractivity contribution is -0.137. The van der Waals surface area contributed by atoms with Crippen LogP contribution in [0, 0.1) is 0 Å². The molecule has 6 nitrogen and oxygen atoms in total. The van der Waals surface area contributed by atoms with Gasteiger partial charge in [0, 0.05) is 11.8 Å². The van der Waals surface area contributed by atoms with Crippen molar-refractivity contribution >= 4 is 22.5 Å². The number of hydrogen-bond donors (Lipinski definition) is 1. The number of aromatic nitrogens is 5. The van der Waals surface area contributed by atoms with E-state index in [4.69, 9.17) is 5.73 Å². The molecule has 0 bridgehead atoms. The lowest BCUT2D eigenvalue weighted by Gasteiger charge is -2.08. The third-order valence-corrected chi connectivity index (χ3v) is 3.59. The van der Waals surface area contributed by atoms with E-state index in [-0.39, 0.29) is 22.5 Å². The van der Waals surface area contributed by atoms with Crippen molar-refractivity contribution in [3.8, 4) is 11.3 Å². The van der Waals surface area contributed by atoms with Crippen molar-refractivity contribution in [2.75, 3.05) is 5.73 Å². The monoisotopic (exact) mass is 330 g/mol. The summed E-state index contributed by atoms with van der Waals surface area (Å²) in [5, 5.41) is 7.96. The topological polar surface area (TPSA) is 82.0 Å². The first kappa shape index (κ1) is 14.4. The van der Waals surface area contributed by atoms with E-state index in [2.05, 4.69) is 20.3 Å². The Morgan fingerprint density at radius 3 is 2.54 bits per heavy atom. The van der Waals surface area contributed by atoms with Crippen LogP contribution in [0.4, 0.5) is 19.0 Å². The Morgan fingerprint density at radius 2 is 1.83 bits per heavy atom. The fourth-order valence-corrected chi connectivity index (χ4v) is 2.46. The summed E-state index contributed by atoms with van der Waals surface area (Å²) in [4.78, 5) is 7.99. The van der Waals surface area contributed by atoms with Gasteiger partial charge < -0.3 is 5.73 Å². The van der Waals surface area contributed by atoms with E-state index in [0.717, 1.165) is 17.8 Å². The smallest absolute Gasteiger partial charge is 0.382 e. The van der Waals surface area contributed by atoms with Gasteiger partial charge in [-0.25, -0.2) is 4.98 Å². The molecule has 0 atom stereocenters. The Bertz CT molecular complexity index is 1060. The summed E-state index contributed by atoms with van der Waals surface area (Å²) in [5.41, 5.74) is 6.65. The highest BCUT2D eigenvalue weighted by molar-refractivity contribution is 5.89. The minimum atomic E-state index is -4.52. The number of pyridine rings is 1. The zero-order chi connectivity index (χ0) is 16.9. The van der Waals surface area contributed by atoms with E-state index in [1.54, 1.807) is 12.1 Å². The van der Waals surface area contributed by atoms with Gasteiger partial charge in [0.25, 0.3) is 0 Å². The quantitative estimate of drug-likeness (QED) is 0.580. The number of rotatable bonds is 1. The van der Waals surface area contributed by atoms with Gasteiger partial charge in [0.05, 0.1) is 11.1 Å². The van der Waals surface area contributed by atoms with E-state index in [1.165, 1.54) is 4.52 Å². The molecule has 0 aliphatic heterocycles. The molecule has 3 heterocycles. The number of hydrogen-bond acceptors (Lipinski definition) is 5. The SMILES string of the molecule is Nc1nc2c(-c3ccccc3)nnn2c2cc(C(F)(F)F)cnc12. The van der Waals surface area contributed by atoms with Crippen molar-refractivity contribution < 1.29 is 13.2 Å². The molecule has 1 aromatic carbocycles. The van der Waals surface area contributed by atoms with Crippen LogP contribution < -0.4 is 5.73 Å². The third kappa shape index (κ3) is 2.13. The minimum Gasteiger partial charge on any atom is -0.382 e. The Balaban J connectivity index is 2.06. The number of halogens is 3. The zero-order valence-corrected chi connectivity index (χ0v) is 12.0. The summed E-state index contributed by atoms with van der Waals surface area (Å²) < 4.78 is 40.1. The van der Waals surface area contributed by atoms with Crippen LogP contribution in [0.5, 0.6) is 0 Å². The lowest BCUT2D eigenvalue weighted by atomic mass is 10.1. The number of nitrogen functional groups attached to an aromatic ring is 1. The maximum Gasteiger partial charge on any atom is 0.417 e. The first-order chi connectivity index (χ1) is 11.4. The number of nitrogens with zero attached hydrogens (tertiary/aromatic N) is 5. The lowest BCUT2D eigenvalue weighted by Crippen LogP contribution is -2.08. The number of anilines is 1. The summed E-state index contributed by atoms with van der Waals surface area (Å²) in [6.45, 7) is 0. The largest absolute Gasteiger partial charge is 0.417 e. The van der Waals surface area contributed by atoms with Crippen LogP contribution in [0.1, 0.15) is 5.56 Å². The fraction of sp³-hybridized carbons (Fsp3) is 0.0667. The highest BCUT2D eigenvalue weighted by Crippen LogP contribution is 2.32. The maximum atomic E-state index is 13.0. The van der Waals surface area contributed by atoms with E-state index >= 15 is 0 Å². The van der Waals surface area contributed by atoms with Crippen LogP contribution in [-0.4, -0.2) is 24.8 Å². The summed E-state index contributed by atoms with van der Waals surface area (Å²) in [5.74, 6) is 0.0192. The number of fused-ring (bicyclic) bond motifs is 3. The highest BCUT2D eigenvalue weighted by Gasteiger charge is 2.32. The van der Waals surface area contributed by atoms with Gasteiger partial charge in [0.1, 0.15) is 11.2 Å². The molecule has 0 saturated heterocycles. The van der Waals surface area contributed by atoms with Crippen molar-refractivity contribution in [2.24, 2.45) is 0 Å². The molecule has 0 aliphatic carbocycles. The Hall–Kier alpha value is -3.23. The molecule has 2 N–H and O–H groups in total. The average Bonchev–Trinajstić information content (AvgIpc) is 2.98. The molecule has 0 radical (unpaired) electrons. The Labute approximate surface area is 132 Å². The van der Waals surface area contributed by atoms with E-state index in [1.807, 2.05) is 18.2 Å². The second-order valence-corrected chi connectivity index (χ2v) is 5.13. The van der Waals surface area contributed by atoms with E-state index in [9.17, 15) is 13.2 Å². The molecule has 9 heteroatoms. The van der Waals surface area contributed by atoms with Crippen LogP contribution in [0.3, 0.4) is 0 Å². The van der Waals surface area contributed by atoms with Gasteiger partial charge >= 0.3 is 6.18 Å². The van der Waals surface area contributed by atoms with E-state index in [0.29, 0.717) is 5.69 Å². The molecule has 0 amide bonds. The second-order valence-electron chi connectivity index (χ2n) is 5.13. The molecule has 0 unspecified atom stereocenters. The first-order valence-electron chi connectivity index (χ1n) is 6.88. The van der Waals surface area contributed by atoms with Crippen LogP contribution in [-0.2, 0) is 6.18 Å². The molecule has 0 spiro atoms. The van der Waals surface area contributed by atoms with Crippen molar-refractivity contribution in [1.29, 1.82) is 0 Å². The molecule has 0 aliphatic rings. The average molecular weight is 330 g/mol. The van der Waals surface area contributed by atoms with Gasteiger partial charge in [-0.05, 0) is 6.07 Å².